The average Bonchev–Trinajstić information content (AvgIpc) is 3.16. The number of terminal acetylenes is 1. The number of hydrogen-bond acceptors (Lipinski definition) is 5. The van der Waals surface area contributed by atoms with E-state index in [2.05, 4.69) is 64.8 Å². The summed E-state index contributed by atoms with van der Waals surface area (Å²) in [4.78, 5) is 24.8. The lowest BCUT2D eigenvalue weighted by atomic mass is 10.1. The number of rotatable bonds is 37. The van der Waals surface area contributed by atoms with Crippen molar-refractivity contribution in [2.75, 3.05) is 26.5 Å². The first-order chi connectivity index (χ1) is 25.9. The van der Waals surface area contributed by atoms with Gasteiger partial charge in [-0.1, -0.05) is 168 Å². The quantitative estimate of drug-likeness (QED) is 0.0207. The Kier molecular flexibility index (Phi) is 52.9. The normalized spacial score (nSPS) is 11.6. The number of hydrogen-bond donors (Lipinski definition) is 0. The fourth-order valence-corrected chi connectivity index (χ4v) is 6.00. The highest BCUT2D eigenvalue weighted by atomic mass is 31.1. The van der Waals surface area contributed by atoms with Crippen LogP contribution in [0.4, 0.5) is 0 Å². The van der Waals surface area contributed by atoms with Crippen LogP contribution in [0.1, 0.15) is 220 Å². The smallest absolute Gasteiger partial charge is 0.306 e. The Morgan fingerprint density at radius 1 is 0.472 bits per heavy atom. The van der Waals surface area contributed by atoms with Gasteiger partial charge in [-0.25, -0.2) is 0 Å². The SMILES string of the molecule is C#C.CCCC.CCCCCCCC/C=C\CCCCCCCC(=O)OC[C@H](COP(C)C)OC(=O)CCCCCCC/C=C\CCCCCCCC. The van der Waals surface area contributed by atoms with Gasteiger partial charge in [-0.15, -0.1) is 12.8 Å². The van der Waals surface area contributed by atoms with Gasteiger partial charge in [0.2, 0.25) is 0 Å². The number of carbonyl (C=O) groups excluding carboxylic acids is 2. The molecular weight excluding hydrogens is 675 g/mol. The maximum atomic E-state index is 12.5. The standard InChI is InChI=1S/C41H77O5P.C4H10.C2H2/c1-5-7-9-11-13-15-17-19-21-23-25-27-29-31-33-35-40(42)44-37-39(38-45-47(3)4)46-41(43)36-34-32-30-28-26-24-22-20-18-16-14-12-10-8-6-2;1-3-4-2;1-2/h19-22,39H,5-18,23-38H2,1-4H3;3-4H2,1-2H3;1-2H/b21-19-,22-20-;;/t39-;;/m1../s1. The number of allylic oxidation sites excluding steroid dienone is 4. The molecule has 312 valence electrons. The lowest BCUT2D eigenvalue weighted by Crippen LogP contribution is -2.29. The third-order valence-electron chi connectivity index (χ3n) is 9.03. The molecule has 0 aliphatic carbocycles. The summed E-state index contributed by atoms with van der Waals surface area (Å²) in [6.07, 6.45) is 52.3. The van der Waals surface area contributed by atoms with Crippen molar-refractivity contribution in [2.24, 2.45) is 0 Å². The summed E-state index contributed by atoms with van der Waals surface area (Å²) in [6.45, 7) is 13.3. The molecule has 6 heteroatoms. The van der Waals surface area contributed by atoms with Gasteiger partial charge in [-0.05, 0) is 77.5 Å². The Bertz CT molecular complexity index is 804. The molecule has 0 radical (unpaired) electrons. The molecule has 0 unspecified atom stereocenters. The highest BCUT2D eigenvalue weighted by Crippen LogP contribution is 2.26. The number of ether oxygens (including phenoxy) is 2. The largest absolute Gasteiger partial charge is 0.462 e. The fourth-order valence-electron chi connectivity index (χ4n) is 5.53. The van der Waals surface area contributed by atoms with E-state index in [1.165, 1.54) is 128 Å². The lowest BCUT2D eigenvalue weighted by molar-refractivity contribution is -0.160. The van der Waals surface area contributed by atoms with Crippen LogP contribution in [-0.2, 0) is 23.6 Å². The van der Waals surface area contributed by atoms with Gasteiger partial charge in [-0.3, -0.25) is 9.59 Å². The van der Waals surface area contributed by atoms with Crippen LogP contribution in [0.2, 0.25) is 0 Å². The van der Waals surface area contributed by atoms with Gasteiger partial charge in [0.05, 0.1) is 6.61 Å². The second kappa shape index (κ2) is 50.4. The van der Waals surface area contributed by atoms with Crippen molar-refractivity contribution in [1.29, 1.82) is 0 Å². The lowest BCUT2D eigenvalue weighted by Gasteiger charge is -2.19. The van der Waals surface area contributed by atoms with Crippen LogP contribution in [0.15, 0.2) is 24.3 Å². The Morgan fingerprint density at radius 2 is 0.811 bits per heavy atom. The molecule has 0 amide bonds. The minimum Gasteiger partial charge on any atom is -0.462 e. The molecule has 0 spiro atoms. The van der Waals surface area contributed by atoms with E-state index in [1.807, 2.05) is 13.3 Å². The minimum absolute atomic E-state index is 0.0746. The van der Waals surface area contributed by atoms with E-state index in [0.29, 0.717) is 12.8 Å². The average molecular weight is 765 g/mol. The van der Waals surface area contributed by atoms with Gasteiger partial charge in [0.25, 0.3) is 0 Å². The van der Waals surface area contributed by atoms with Crippen molar-refractivity contribution in [3.63, 3.8) is 0 Å². The zero-order valence-corrected chi connectivity index (χ0v) is 37.1. The van der Waals surface area contributed by atoms with Crippen LogP contribution in [0.25, 0.3) is 0 Å². The predicted octanol–water partition coefficient (Wildman–Crippen LogP) is 15.2. The van der Waals surface area contributed by atoms with Crippen LogP contribution in [0, 0.1) is 12.8 Å². The maximum Gasteiger partial charge on any atom is 0.306 e. The van der Waals surface area contributed by atoms with Crippen LogP contribution in [-0.4, -0.2) is 44.6 Å². The van der Waals surface area contributed by atoms with Crippen LogP contribution >= 0.6 is 8.15 Å². The Hall–Kier alpha value is -1.63. The molecule has 53 heavy (non-hydrogen) atoms. The molecule has 0 aromatic heterocycles. The Morgan fingerprint density at radius 3 is 1.17 bits per heavy atom. The fraction of sp³-hybridized carbons (Fsp3) is 0.830. The summed E-state index contributed by atoms with van der Waals surface area (Å²) < 4.78 is 16.9. The molecule has 0 aliphatic heterocycles. The topological polar surface area (TPSA) is 61.8 Å². The van der Waals surface area contributed by atoms with Crippen molar-refractivity contribution in [1.82, 2.24) is 0 Å². The molecule has 1 atom stereocenters. The minimum atomic E-state index is -0.580. The highest BCUT2D eigenvalue weighted by molar-refractivity contribution is 7.50. The monoisotopic (exact) mass is 765 g/mol. The predicted molar refractivity (Wildman–Crippen MR) is 235 cm³/mol. The Balaban J connectivity index is -0.00000387. The number of esters is 2. The first-order valence-corrected chi connectivity index (χ1v) is 24.3. The van der Waals surface area contributed by atoms with E-state index in [9.17, 15) is 9.59 Å². The van der Waals surface area contributed by atoms with Crippen molar-refractivity contribution in [3.8, 4) is 12.8 Å². The first-order valence-electron chi connectivity index (χ1n) is 22.2. The Labute approximate surface area is 332 Å². The summed E-state index contributed by atoms with van der Waals surface area (Å²) in [5, 5.41) is 0. The number of carbonyl (C=O) groups is 2. The summed E-state index contributed by atoms with van der Waals surface area (Å²) in [7, 11) is -0.580. The van der Waals surface area contributed by atoms with Crippen molar-refractivity contribution < 1.29 is 23.6 Å². The molecule has 0 heterocycles. The summed E-state index contributed by atoms with van der Waals surface area (Å²) in [5.74, 6) is -0.433. The number of unbranched alkanes of at least 4 members (excludes halogenated alkanes) is 23. The zero-order chi connectivity index (χ0) is 39.9. The second-order valence-electron chi connectivity index (χ2n) is 14.6. The molecular formula is C47H89O5P. The van der Waals surface area contributed by atoms with Crippen molar-refractivity contribution >= 4 is 20.1 Å². The molecule has 0 fully saturated rings. The van der Waals surface area contributed by atoms with Gasteiger partial charge in [0.15, 0.2) is 6.10 Å². The molecule has 0 aliphatic rings. The third-order valence-corrected chi connectivity index (χ3v) is 9.70. The van der Waals surface area contributed by atoms with E-state index in [0.717, 1.165) is 51.4 Å². The van der Waals surface area contributed by atoms with E-state index >= 15 is 0 Å². The zero-order valence-electron chi connectivity index (χ0n) is 36.2. The first kappa shape index (κ1) is 55.7. The van der Waals surface area contributed by atoms with Crippen LogP contribution < -0.4 is 0 Å². The third kappa shape index (κ3) is 52.5. The van der Waals surface area contributed by atoms with Gasteiger partial charge < -0.3 is 14.0 Å². The molecule has 0 aromatic rings. The van der Waals surface area contributed by atoms with Crippen LogP contribution in [0.5, 0.6) is 0 Å². The van der Waals surface area contributed by atoms with Gasteiger partial charge in [0, 0.05) is 21.0 Å². The summed E-state index contributed by atoms with van der Waals surface area (Å²) in [5.41, 5.74) is 0. The molecule has 0 rings (SSSR count). The van der Waals surface area contributed by atoms with E-state index in [4.69, 9.17) is 14.0 Å². The molecule has 5 nitrogen and oxygen atoms in total. The summed E-state index contributed by atoms with van der Waals surface area (Å²) in [6, 6.07) is 0. The van der Waals surface area contributed by atoms with Gasteiger partial charge >= 0.3 is 11.9 Å². The van der Waals surface area contributed by atoms with Crippen molar-refractivity contribution in [3.05, 3.63) is 24.3 Å². The van der Waals surface area contributed by atoms with Crippen LogP contribution in [0.3, 0.4) is 0 Å². The van der Waals surface area contributed by atoms with E-state index < -0.39 is 14.3 Å². The van der Waals surface area contributed by atoms with Gasteiger partial charge in [-0.2, -0.15) is 0 Å². The molecule has 0 saturated carbocycles. The molecule has 0 N–H and O–H groups in total. The van der Waals surface area contributed by atoms with Gasteiger partial charge in [0.1, 0.15) is 6.61 Å². The highest BCUT2D eigenvalue weighted by Gasteiger charge is 2.18. The van der Waals surface area contributed by atoms with Crippen molar-refractivity contribution in [2.45, 2.75) is 226 Å². The van der Waals surface area contributed by atoms with E-state index in [1.54, 1.807) is 0 Å². The second-order valence-corrected chi connectivity index (χ2v) is 16.5. The molecule has 0 aromatic carbocycles. The maximum absolute atomic E-state index is 12.5. The van der Waals surface area contributed by atoms with E-state index in [-0.39, 0.29) is 25.2 Å². The molecule has 0 bridgehead atoms. The molecule has 0 saturated heterocycles. The summed E-state index contributed by atoms with van der Waals surface area (Å²) >= 11 is 0.